The molecule has 2 saturated heterocycles. The number of hydrazine groups is 1. The quantitative estimate of drug-likeness (QED) is 0.467. The van der Waals surface area contributed by atoms with Crippen LogP contribution < -0.4 is 16.1 Å². The van der Waals surface area contributed by atoms with Gasteiger partial charge < -0.3 is 10.6 Å². The van der Waals surface area contributed by atoms with E-state index in [4.69, 9.17) is 0 Å². The molecule has 2 aliphatic heterocycles. The summed E-state index contributed by atoms with van der Waals surface area (Å²) in [5.41, 5.74) is 1.95. The van der Waals surface area contributed by atoms with Crippen LogP contribution in [0.4, 0.5) is 0 Å². The van der Waals surface area contributed by atoms with Gasteiger partial charge in [-0.05, 0) is 78.1 Å². The van der Waals surface area contributed by atoms with Gasteiger partial charge in [0.2, 0.25) is 0 Å². The molecule has 0 aromatic rings. The molecule has 0 aromatic heterocycles. The Bertz CT molecular complexity index is 708. The standard InChI is InChI=1S/C21H32N4O4/c1-20(2)9-13(10-21(3,4)24-20)22-16(26)17(27)23-25-18(28)14-11-5-6-12(8-7-11)15(14)19(25)29/h11-15,24H,5-10H2,1-4H3,(H,22,26)(H,23,27). The van der Waals surface area contributed by atoms with E-state index >= 15 is 0 Å². The van der Waals surface area contributed by atoms with Gasteiger partial charge in [0.25, 0.3) is 11.8 Å². The molecule has 3 saturated carbocycles. The molecule has 0 spiro atoms. The Morgan fingerprint density at radius 3 is 1.76 bits per heavy atom. The fourth-order valence-electron chi connectivity index (χ4n) is 6.50. The van der Waals surface area contributed by atoms with Crippen LogP contribution in [-0.4, -0.2) is 45.8 Å². The number of carbonyl (C=O) groups is 4. The van der Waals surface area contributed by atoms with Crippen LogP contribution in [0.3, 0.4) is 0 Å². The first-order chi connectivity index (χ1) is 13.5. The molecule has 8 heteroatoms. The van der Waals surface area contributed by atoms with Crippen molar-refractivity contribution in [1.82, 2.24) is 21.1 Å². The van der Waals surface area contributed by atoms with Crippen molar-refractivity contribution in [2.45, 2.75) is 83.3 Å². The lowest BCUT2D eigenvalue weighted by atomic mass is 9.59. The number of nitrogens with zero attached hydrogens (tertiary/aromatic N) is 1. The van der Waals surface area contributed by atoms with E-state index in [-0.39, 0.29) is 52.6 Å². The number of piperidine rings is 1. The summed E-state index contributed by atoms with van der Waals surface area (Å²) in [6, 6.07) is -0.164. The van der Waals surface area contributed by atoms with Crippen LogP contribution in [0.2, 0.25) is 0 Å². The minimum Gasteiger partial charge on any atom is -0.345 e. The molecular formula is C21H32N4O4. The molecule has 5 aliphatic rings. The summed E-state index contributed by atoms with van der Waals surface area (Å²) < 4.78 is 0. The Morgan fingerprint density at radius 2 is 1.31 bits per heavy atom. The molecule has 160 valence electrons. The number of fused-ring (bicyclic) bond motifs is 2. The van der Waals surface area contributed by atoms with Gasteiger partial charge in [-0.15, -0.1) is 0 Å². The highest BCUT2D eigenvalue weighted by Crippen LogP contribution is 2.52. The van der Waals surface area contributed by atoms with Gasteiger partial charge in [-0.25, -0.2) is 5.43 Å². The molecule has 29 heavy (non-hydrogen) atoms. The van der Waals surface area contributed by atoms with Crippen molar-refractivity contribution in [2.24, 2.45) is 23.7 Å². The molecular weight excluding hydrogens is 372 g/mol. The molecule has 0 aromatic carbocycles. The summed E-state index contributed by atoms with van der Waals surface area (Å²) in [6.07, 6.45) is 5.24. The Labute approximate surface area is 171 Å². The largest absolute Gasteiger partial charge is 0.345 e. The van der Waals surface area contributed by atoms with Crippen molar-refractivity contribution in [3.63, 3.8) is 0 Å². The highest BCUT2D eigenvalue weighted by molar-refractivity contribution is 6.35. The summed E-state index contributed by atoms with van der Waals surface area (Å²) in [5, 5.41) is 7.14. The Balaban J connectivity index is 1.40. The number of nitrogens with one attached hydrogen (secondary N) is 3. The average molecular weight is 405 g/mol. The Hall–Kier alpha value is -1.96. The fraction of sp³-hybridized carbons (Fsp3) is 0.810. The van der Waals surface area contributed by atoms with Crippen LogP contribution >= 0.6 is 0 Å². The molecule has 2 bridgehead atoms. The summed E-state index contributed by atoms with van der Waals surface area (Å²) in [6.45, 7) is 8.24. The smallest absolute Gasteiger partial charge is 0.328 e. The van der Waals surface area contributed by atoms with E-state index in [0.29, 0.717) is 12.8 Å². The third kappa shape index (κ3) is 3.67. The topological polar surface area (TPSA) is 108 Å². The second-order valence-corrected chi connectivity index (χ2v) is 10.7. The molecule has 3 N–H and O–H groups in total. The van der Waals surface area contributed by atoms with Crippen LogP contribution in [-0.2, 0) is 19.2 Å². The Kier molecular flexibility index (Phi) is 4.76. The lowest BCUT2D eigenvalue weighted by molar-refractivity contribution is -0.152. The number of carbonyl (C=O) groups excluding carboxylic acids is 4. The predicted molar refractivity (Wildman–Crippen MR) is 105 cm³/mol. The van der Waals surface area contributed by atoms with E-state index in [9.17, 15) is 19.2 Å². The maximum absolute atomic E-state index is 12.8. The zero-order chi connectivity index (χ0) is 21.1. The maximum Gasteiger partial charge on any atom is 0.328 e. The van der Waals surface area contributed by atoms with Crippen molar-refractivity contribution in [2.75, 3.05) is 0 Å². The maximum atomic E-state index is 12.8. The average Bonchev–Trinajstić information content (AvgIpc) is 2.87. The number of amides is 4. The second-order valence-electron chi connectivity index (χ2n) is 10.7. The van der Waals surface area contributed by atoms with Gasteiger partial charge in [-0.3, -0.25) is 19.2 Å². The first-order valence-corrected chi connectivity index (χ1v) is 10.8. The van der Waals surface area contributed by atoms with Crippen LogP contribution in [0.15, 0.2) is 0 Å². The summed E-state index contributed by atoms with van der Waals surface area (Å²) in [4.78, 5) is 50.6. The van der Waals surface area contributed by atoms with Crippen molar-refractivity contribution < 1.29 is 19.2 Å². The lowest BCUT2D eigenvalue weighted by Gasteiger charge is -2.46. The number of hydrogen-bond acceptors (Lipinski definition) is 5. The molecule has 0 radical (unpaired) electrons. The molecule has 2 heterocycles. The van der Waals surface area contributed by atoms with Crippen LogP contribution in [0.5, 0.6) is 0 Å². The molecule has 5 fully saturated rings. The van der Waals surface area contributed by atoms with Gasteiger partial charge >= 0.3 is 11.8 Å². The van der Waals surface area contributed by atoms with E-state index in [1.165, 1.54) is 0 Å². The lowest BCUT2D eigenvalue weighted by Crippen LogP contribution is -2.63. The van der Waals surface area contributed by atoms with Gasteiger partial charge in [0.05, 0.1) is 11.8 Å². The van der Waals surface area contributed by atoms with Crippen molar-refractivity contribution in [3.8, 4) is 0 Å². The molecule has 3 aliphatic carbocycles. The van der Waals surface area contributed by atoms with E-state index in [1.807, 2.05) is 0 Å². The number of imide groups is 1. The molecule has 2 unspecified atom stereocenters. The van der Waals surface area contributed by atoms with Crippen molar-refractivity contribution in [1.29, 1.82) is 0 Å². The first kappa shape index (κ1) is 20.3. The molecule has 8 nitrogen and oxygen atoms in total. The second kappa shape index (κ2) is 6.79. The molecule has 4 amide bonds. The van der Waals surface area contributed by atoms with Crippen LogP contribution in [0.25, 0.3) is 0 Å². The fourth-order valence-corrected chi connectivity index (χ4v) is 6.50. The first-order valence-electron chi connectivity index (χ1n) is 10.8. The van der Waals surface area contributed by atoms with E-state index in [1.54, 1.807) is 0 Å². The highest BCUT2D eigenvalue weighted by atomic mass is 16.2. The number of hydrogen-bond donors (Lipinski definition) is 3. The van der Waals surface area contributed by atoms with E-state index in [2.05, 4.69) is 43.8 Å². The minimum atomic E-state index is -0.952. The van der Waals surface area contributed by atoms with Crippen molar-refractivity contribution in [3.05, 3.63) is 0 Å². The van der Waals surface area contributed by atoms with Gasteiger partial charge in [-0.2, -0.15) is 5.01 Å². The van der Waals surface area contributed by atoms with E-state index in [0.717, 1.165) is 30.7 Å². The SMILES string of the molecule is CC1(C)CC(NC(=O)C(=O)NN2C(=O)C3C4CCC(CC4)C3C2=O)CC(C)(C)N1. The van der Waals surface area contributed by atoms with Gasteiger partial charge in [0.1, 0.15) is 0 Å². The third-order valence-corrected chi connectivity index (χ3v) is 7.18. The van der Waals surface area contributed by atoms with Gasteiger partial charge in [0.15, 0.2) is 0 Å². The molecule has 5 rings (SSSR count). The van der Waals surface area contributed by atoms with Gasteiger partial charge in [0, 0.05) is 17.1 Å². The zero-order valence-corrected chi connectivity index (χ0v) is 17.7. The normalized spacial score (nSPS) is 35.4. The van der Waals surface area contributed by atoms with Gasteiger partial charge in [-0.1, -0.05) is 0 Å². The minimum absolute atomic E-state index is 0.164. The highest BCUT2D eigenvalue weighted by Gasteiger charge is 2.58. The predicted octanol–water partition coefficient (Wildman–Crippen LogP) is 0.864. The third-order valence-electron chi connectivity index (χ3n) is 7.18. The summed E-state index contributed by atoms with van der Waals surface area (Å²) >= 11 is 0. The molecule has 2 atom stereocenters. The zero-order valence-electron chi connectivity index (χ0n) is 17.7. The van der Waals surface area contributed by atoms with Crippen LogP contribution in [0.1, 0.15) is 66.2 Å². The monoisotopic (exact) mass is 404 g/mol. The number of rotatable bonds is 2. The summed E-state index contributed by atoms with van der Waals surface area (Å²) in [5.74, 6) is -2.67. The summed E-state index contributed by atoms with van der Waals surface area (Å²) in [7, 11) is 0. The van der Waals surface area contributed by atoms with Crippen LogP contribution in [0, 0.1) is 23.7 Å². The van der Waals surface area contributed by atoms with Crippen molar-refractivity contribution >= 4 is 23.6 Å². The Morgan fingerprint density at radius 1 is 0.862 bits per heavy atom. The van der Waals surface area contributed by atoms with E-state index < -0.39 is 11.8 Å².